The Balaban J connectivity index is 1.52. The lowest BCUT2D eigenvalue weighted by molar-refractivity contribution is -0.144. The molecule has 0 aromatic heterocycles. The minimum atomic E-state index is -0.560. The van der Waals surface area contributed by atoms with E-state index in [-0.39, 0.29) is 6.79 Å². The molecule has 0 aliphatic heterocycles. The molecular weight excluding hydrogens is 356 g/mol. The molecular formula is C23H24O5. The van der Waals surface area contributed by atoms with E-state index in [1.54, 1.807) is 24.3 Å². The maximum Gasteiger partial charge on any atom is 0.343 e. The summed E-state index contributed by atoms with van der Waals surface area (Å²) in [5, 5.41) is 0. The molecule has 5 heteroatoms. The third-order valence-electron chi connectivity index (χ3n) is 4.85. The number of hydrogen-bond acceptors (Lipinski definition) is 5. The van der Waals surface area contributed by atoms with Crippen LogP contribution in [0.2, 0.25) is 0 Å². The molecule has 0 radical (unpaired) electrons. The molecule has 0 spiro atoms. The minimum absolute atomic E-state index is 0.220. The van der Waals surface area contributed by atoms with Gasteiger partial charge in [0.2, 0.25) is 6.79 Å². The highest BCUT2D eigenvalue weighted by Gasteiger charge is 2.16. The SMILES string of the molecule is C=CC(=O)OCOc1ccc(C(=O)Oc2ccc(C3CCCCC3)cc2)cc1. The maximum absolute atomic E-state index is 12.3. The van der Waals surface area contributed by atoms with E-state index in [0.717, 1.165) is 6.08 Å². The van der Waals surface area contributed by atoms with Gasteiger partial charge in [-0.25, -0.2) is 9.59 Å². The second-order valence-electron chi connectivity index (χ2n) is 6.75. The average Bonchev–Trinajstić information content (AvgIpc) is 2.75. The lowest BCUT2D eigenvalue weighted by atomic mass is 9.84. The summed E-state index contributed by atoms with van der Waals surface area (Å²) in [5.41, 5.74) is 1.73. The molecule has 28 heavy (non-hydrogen) atoms. The van der Waals surface area contributed by atoms with Crippen LogP contribution >= 0.6 is 0 Å². The van der Waals surface area contributed by atoms with Crippen LogP contribution in [0.15, 0.2) is 61.2 Å². The van der Waals surface area contributed by atoms with Crippen molar-refractivity contribution in [3.63, 3.8) is 0 Å². The fourth-order valence-corrected chi connectivity index (χ4v) is 3.31. The van der Waals surface area contributed by atoms with Gasteiger partial charge in [0.25, 0.3) is 0 Å². The highest BCUT2D eigenvalue weighted by molar-refractivity contribution is 5.91. The zero-order valence-corrected chi connectivity index (χ0v) is 15.8. The van der Waals surface area contributed by atoms with Gasteiger partial charge in [0.1, 0.15) is 11.5 Å². The van der Waals surface area contributed by atoms with Gasteiger partial charge in [-0.2, -0.15) is 0 Å². The molecule has 1 fully saturated rings. The summed E-state index contributed by atoms with van der Waals surface area (Å²) in [6.07, 6.45) is 7.44. The van der Waals surface area contributed by atoms with Gasteiger partial charge >= 0.3 is 11.9 Å². The van der Waals surface area contributed by atoms with E-state index in [9.17, 15) is 9.59 Å². The average molecular weight is 380 g/mol. The number of hydrogen-bond donors (Lipinski definition) is 0. The van der Waals surface area contributed by atoms with Crippen molar-refractivity contribution in [3.05, 3.63) is 72.3 Å². The van der Waals surface area contributed by atoms with Crippen LogP contribution in [0.3, 0.4) is 0 Å². The van der Waals surface area contributed by atoms with Crippen molar-refractivity contribution in [2.75, 3.05) is 6.79 Å². The highest BCUT2D eigenvalue weighted by atomic mass is 16.7. The largest absolute Gasteiger partial charge is 0.457 e. The number of rotatable bonds is 7. The lowest BCUT2D eigenvalue weighted by Crippen LogP contribution is -2.10. The van der Waals surface area contributed by atoms with Gasteiger partial charge in [-0.3, -0.25) is 0 Å². The van der Waals surface area contributed by atoms with Crippen LogP contribution in [0.25, 0.3) is 0 Å². The lowest BCUT2D eigenvalue weighted by Gasteiger charge is -2.22. The third kappa shape index (κ3) is 5.46. The number of carbonyl (C=O) groups excluding carboxylic acids is 2. The first-order chi connectivity index (χ1) is 13.7. The second kappa shape index (κ2) is 9.74. The van der Waals surface area contributed by atoms with Crippen LogP contribution in [-0.4, -0.2) is 18.7 Å². The molecule has 2 aromatic rings. The number of benzene rings is 2. The molecule has 1 saturated carbocycles. The van der Waals surface area contributed by atoms with Gasteiger partial charge in [-0.1, -0.05) is 38.0 Å². The Morgan fingerprint density at radius 2 is 1.57 bits per heavy atom. The standard InChI is InChI=1S/C23H24O5/c1-2-22(24)27-16-26-20-12-10-19(11-13-20)23(25)28-21-14-8-18(9-15-21)17-6-4-3-5-7-17/h2,8-15,17H,1,3-7,16H2. The van der Waals surface area contributed by atoms with Gasteiger partial charge < -0.3 is 14.2 Å². The predicted octanol–water partition coefficient (Wildman–Crippen LogP) is 5.02. The van der Waals surface area contributed by atoms with Gasteiger partial charge in [0, 0.05) is 6.08 Å². The molecule has 5 nitrogen and oxygen atoms in total. The summed E-state index contributed by atoms with van der Waals surface area (Å²) in [6, 6.07) is 14.3. The first kappa shape index (κ1) is 19.7. The van der Waals surface area contributed by atoms with E-state index in [0.29, 0.717) is 23.0 Å². The normalized spacial score (nSPS) is 14.1. The van der Waals surface area contributed by atoms with Gasteiger partial charge in [0.15, 0.2) is 0 Å². The molecule has 0 saturated heterocycles. The Kier molecular flexibility index (Phi) is 6.84. The molecule has 1 aliphatic carbocycles. The molecule has 1 aliphatic rings. The van der Waals surface area contributed by atoms with Crippen molar-refractivity contribution in [2.45, 2.75) is 38.0 Å². The van der Waals surface area contributed by atoms with E-state index in [4.69, 9.17) is 14.2 Å². The summed E-state index contributed by atoms with van der Waals surface area (Å²) >= 11 is 0. The smallest absolute Gasteiger partial charge is 0.343 e. The molecule has 2 aromatic carbocycles. The van der Waals surface area contributed by atoms with E-state index in [1.165, 1.54) is 37.7 Å². The second-order valence-corrected chi connectivity index (χ2v) is 6.75. The Labute approximate surface area is 164 Å². The first-order valence-corrected chi connectivity index (χ1v) is 9.50. The molecule has 0 heterocycles. The Morgan fingerprint density at radius 3 is 2.21 bits per heavy atom. The van der Waals surface area contributed by atoms with E-state index in [1.807, 2.05) is 12.1 Å². The fraction of sp³-hybridized carbons (Fsp3) is 0.304. The third-order valence-corrected chi connectivity index (χ3v) is 4.85. The summed E-state index contributed by atoms with van der Waals surface area (Å²) < 4.78 is 15.4. The number of esters is 2. The fourth-order valence-electron chi connectivity index (χ4n) is 3.31. The van der Waals surface area contributed by atoms with E-state index in [2.05, 4.69) is 18.7 Å². The Hall–Kier alpha value is -3.08. The maximum atomic E-state index is 12.3. The molecule has 146 valence electrons. The summed E-state index contributed by atoms with van der Waals surface area (Å²) in [5.74, 6) is 0.632. The van der Waals surface area contributed by atoms with Crippen LogP contribution in [0.5, 0.6) is 11.5 Å². The highest BCUT2D eigenvalue weighted by Crippen LogP contribution is 2.33. The van der Waals surface area contributed by atoms with E-state index >= 15 is 0 Å². The Bertz CT molecular complexity index is 802. The van der Waals surface area contributed by atoms with Crippen LogP contribution < -0.4 is 9.47 Å². The quantitative estimate of drug-likeness (QED) is 0.292. The number of carbonyl (C=O) groups is 2. The molecule has 0 unspecified atom stereocenters. The molecule has 0 atom stereocenters. The number of ether oxygens (including phenoxy) is 3. The molecule has 0 amide bonds. The molecule has 0 bridgehead atoms. The minimum Gasteiger partial charge on any atom is -0.457 e. The van der Waals surface area contributed by atoms with Gasteiger partial charge in [-0.15, -0.1) is 0 Å². The topological polar surface area (TPSA) is 61.8 Å². The Morgan fingerprint density at radius 1 is 0.929 bits per heavy atom. The van der Waals surface area contributed by atoms with Crippen LogP contribution in [-0.2, 0) is 9.53 Å². The van der Waals surface area contributed by atoms with Crippen molar-refractivity contribution >= 4 is 11.9 Å². The monoisotopic (exact) mass is 380 g/mol. The predicted molar refractivity (Wildman–Crippen MR) is 105 cm³/mol. The zero-order chi connectivity index (χ0) is 19.8. The zero-order valence-electron chi connectivity index (χ0n) is 15.8. The van der Waals surface area contributed by atoms with Crippen molar-refractivity contribution in [2.24, 2.45) is 0 Å². The molecule has 0 N–H and O–H groups in total. The van der Waals surface area contributed by atoms with Crippen LogP contribution in [0, 0.1) is 0 Å². The van der Waals surface area contributed by atoms with E-state index < -0.39 is 11.9 Å². The molecule has 3 rings (SSSR count). The van der Waals surface area contributed by atoms with Crippen molar-refractivity contribution < 1.29 is 23.8 Å². The first-order valence-electron chi connectivity index (χ1n) is 9.50. The van der Waals surface area contributed by atoms with Crippen molar-refractivity contribution in [3.8, 4) is 11.5 Å². The van der Waals surface area contributed by atoms with Crippen molar-refractivity contribution in [1.82, 2.24) is 0 Å². The summed E-state index contributed by atoms with van der Waals surface area (Å²) in [4.78, 5) is 23.3. The summed E-state index contributed by atoms with van der Waals surface area (Å²) in [7, 11) is 0. The van der Waals surface area contributed by atoms with Crippen LogP contribution in [0.4, 0.5) is 0 Å². The van der Waals surface area contributed by atoms with Crippen molar-refractivity contribution in [1.29, 1.82) is 0 Å². The van der Waals surface area contributed by atoms with Gasteiger partial charge in [-0.05, 0) is 60.7 Å². The summed E-state index contributed by atoms with van der Waals surface area (Å²) in [6.45, 7) is 3.08. The van der Waals surface area contributed by atoms with Crippen LogP contribution in [0.1, 0.15) is 53.9 Å². The van der Waals surface area contributed by atoms with Gasteiger partial charge in [0.05, 0.1) is 5.56 Å².